The van der Waals surface area contributed by atoms with Crippen LogP contribution in [0.5, 0.6) is 0 Å². The molecule has 3 aliphatic rings. The fourth-order valence-corrected chi connectivity index (χ4v) is 4.41. The topological polar surface area (TPSA) is 28.1 Å². The molecule has 1 fully saturated rings. The molecule has 4 heteroatoms. The summed E-state index contributed by atoms with van der Waals surface area (Å²) in [5.41, 5.74) is 3.74. The lowest BCUT2D eigenvalue weighted by atomic mass is 9.92. The van der Waals surface area contributed by atoms with Gasteiger partial charge in [-0.2, -0.15) is 0 Å². The molecule has 3 heterocycles. The quantitative estimate of drug-likeness (QED) is 0.815. The second-order valence-electron chi connectivity index (χ2n) is 7.81. The lowest BCUT2D eigenvalue weighted by molar-refractivity contribution is -0.00860. The molecule has 0 aromatic heterocycles. The van der Waals surface area contributed by atoms with Gasteiger partial charge in [0.15, 0.2) is 0 Å². The number of amidine groups is 1. The summed E-state index contributed by atoms with van der Waals surface area (Å²) in [4.78, 5) is 9.58. The van der Waals surface area contributed by atoms with Gasteiger partial charge in [-0.15, -0.1) is 0 Å². The Labute approximate surface area is 162 Å². The maximum absolute atomic E-state index is 6.51. The van der Waals surface area contributed by atoms with E-state index in [1.54, 1.807) is 0 Å². The standard InChI is InChI=1S/C23H29N3O/c1-3-20-11-14-26(16-21(20)4-2)22-24-17-23(27-22)12-8-13-25(18-23)15-19-9-6-5-7-10-19/h3-7,9-10H,1-2,8,11-18H2. The SMILES string of the molecule is C=CC1=C(C=C)CN(C2=NCC3(CCCN(Cc4ccccc4)C3)O2)CC1. The molecule has 0 aliphatic carbocycles. The molecule has 0 saturated carbocycles. The summed E-state index contributed by atoms with van der Waals surface area (Å²) in [6.45, 7) is 13.5. The zero-order valence-electron chi connectivity index (χ0n) is 16.1. The van der Waals surface area contributed by atoms with Crippen LogP contribution in [0.25, 0.3) is 0 Å². The lowest BCUT2D eigenvalue weighted by Crippen LogP contribution is -2.51. The zero-order valence-corrected chi connectivity index (χ0v) is 16.1. The summed E-state index contributed by atoms with van der Waals surface area (Å²) in [6.07, 6.45) is 7.11. The second kappa shape index (κ2) is 7.73. The van der Waals surface area contributed by atoms with Gasteiger partial charge in [0.05, 0.1) is 6.54 Å². The van der Waals surface area contributed by atoms with Crippen molar-refractivity contribution < 1.29 is 4.74 Å². The van der Waals surface area contributed by atoms with Crippen molar-refractivity contribution >= 4 is 6.02 Å². The van der Waals surface area contributed by atoms with E-state index in [1.165, 1.54) is 16.7 Å². The van der Waals surface area contributed by atoms with E-state index in [0.29, 0.717) is 0 Å². The second-order valence-corrected chi connectivity index (χ2v) is 7.81. The number of piperidine rings is 1. The van der Waals surface area contributed by atoms with Gasteiger partial charge in [0, 0.05) is 26.2 Å². The Morgan fingerprint density at radius 1 is 1.11 bits per heavy atom. The van der Waals surface area contributed by atoms with E-state index in [0.717, 1.165) is 64.6 Å². The summed E-state index contributed by atoms with van der Waals surface area (Å²) in [7, 11) is 0. The first-order chi connectivity index (χ1) is 13.2. The third-order valence-corrected chi connectivity index (χ3v) is 5.87. The highest BCUT2D eigenvalue weighted by Gasteiger charge is 2.43. The molecule has 0 N–H and O–H groups in total. The average Bonchev–Trinajstić information content (AvgIpc) is 3.11. The fraction of sp³-hybridized carbons (Fsp3) is 0.435. The molecule has 27 heavy (non-hydrogen) atoms. The van der Waals surface area contributed by atoms with E-state index in [1.807, 2.05) is 12.2 Å². The van der Waals surface area contributed by atoms with Crippen molar-refractivity contribution in [3.63, 3.8) is 0 Å². The first-order valence-electron chi connectivity index (χ1n) is 9.93. The van der Waals surface area contributed by atoms with E-state index in [4.69, 9.17) is 9.73 Å². The van der Waals surface area contributed by atoms with E-state index in [-0.39, 0.29) is 5.60 Å². The molecule has 142 valence electrons. The molecular weight excluding hydrogens is 334 g/mol. The Kier molecular flexibility index (Phi) is 5.17. The minimum atomic E-state index is -0.154. The van der Waals surface area contributed by atoms with Gasteiger partial charge >= 0.3 is 0 Å². The van der Waals surface area contributed by atoms with Crippen molar-refractivity contribution in [2.45, 2.75) is 31.4 Å². The van der Waals surface area contributed by atoms with Gasteiger partial charge in [-0.05, 0) is 42.5 Å². The van der Waals surface area contributed by atoms with Crippen molar-refractivity contribution in [2.75, 3.05) is 32.7 Å². The predicted molar refractivity (Wildman–Crippen MR) is 111 cm³/mol. The summed E-state index contributed by atoms with van der Waals surface area (Å²) in [6, 6.07) is 11.5. The van der Waals surface area contributed by atoms with Crippen molar-refractivity contribution in [3.8, 4) is 0 Å². The number of hydrogen-bond acceptors (Lipinski definition) is 4. The van der Waals surface area contributed by atoms with Crippen LogP contribution >= 0.6 is 0 Å². The smallest absolute Gasteiger partial charge is 0.288 e. The van der Waals surface area contributed by atoms with Gasteiger partial charge in [0.1, 0.15) is 5.60 Å². The fourth-order valence-electron chi connectivity index (χ4n) is 4.41. The first kappa shape index (κ1) is 18.1. The van der Waals surface area contributed by atoms with Gasteiger partial charge in [-0.3, -0.25) is 4.90 Å². The lowest BCUT2D eigenvalue weighted by Gasteiger charge is -2.40. The highest BCUT2D eigenvalue weighted by molar-refractivity contribution is 5.77. The van der Waals surface area contributed by atoms with E-state index < -0.39 is 0 Å². The number of hydrogen-bond donors (Lipinski definition) is 0. The van der Waals surface area contributed by atoms with Crippen molar-refractivity contribution in [1.82, 2.24) is 9.80 Å². The van der Waals surface area contributed by atoms with Crippen LogP contribution in [0.3, 0.4) is 0 Å². The Balaban J connectivity index is 1.40. The van der Waals surface area contributed by atoms with Crippen LogP contribution in [-0.2, 0) is 11.3 Å². The number of ether oxygens (including phenoxy) is 1. The van der Waals surface area contributed by atoms with Crippen LogP contribution in [0.1, 0.15) is 24.8 Å². The first-order valence-corrected chi connectivity index (χ1v) is 9.93. The van der Waals surface area contributed by atoms with Crippen LogP contribution in [0, 0.1) is 0 Å². The Morgan fingerprint density at radius 3 is 2.70 bits per heavy atom. The number of benzene rings is 1. The maximum Gasteiger partial charge on any atom is 0.288 e. The summed E-state index contributed by atoms with van der Waals surface area (Å²) in [5.74, 6) is 0. The largest absolute Gasteiger partial charge is 0.455 e. The molecule has 0 radical (unpaired) electrons. The Morgan fingerprint density at radius 2 is 1.93 bits per heavy atom. The van der Waals surface area contributed by atoms with Crippen molar-refractivity contribution in [1.29, 1.82) is 0 Å². The molecule has 1 atom stereocenters. The summed E-state index contributed by atoms with van der Waals surface area (Å²) in [5, 5.41) is 0. The molecule has 3 aliphatic heterocycles. The number of nitrogens with zero attached hydrogens (tertiary/aromatic N) is 3. The van der Waals surface area contributed by atoms with Crippen LogP contribution in [0.4, 0.5) is 0 Å². The molecule has 1 aromatic rings. The molecule has 1 spiro atoms. The van der Waals surface area contributed by atoms with E-state index in [2.05, 4.69) is 53.3 Å². The maximum atomic E-state index is 6.51. The van der Waals surface area contributed by atoms with Crippen LogP contribution in [0.2, 0.25) is 0 Å². The monoisotopic (exact) mass is 363 g/mol. The number of likely N-dealkylation sites (tertiary alicyclic amines) is 1. The van der Waals surface area contributed by atoms with Crippen molar-refractivity contribution in [3.05, 3.63) is 72.4 Å². The van der Waals surface area contributed by atoms with Crippen LogP contribution in [-0.4, -0.2) is 54.1 Å². The molecule has 0 amide bonds. The van der Waals surface area contributed by atoms with Crippen LogP contribution < -0.4 is 0 Å². The van der Waals surface area contributed by atoms with Gasteiger partial charge in [-0.1, -0.05) is 55.6 Å². The number of rotatable bonds is 4. The van der Waals surface area contributed by atoms with E-state index in [9.17, 15) is 0 Å². The molecule has 1 saturated heterocycles. The Hall–Kier alpha value is -2.33. The predicted octanol–water partition coefficient (Wildman–Crippen LogP) is 3.78. The minimum absolute atomic E-state index is 0.154. The average molecular weight is 364 g/mol. The molecule has 1 aromatic carbocycles. The highest BCUT2D eigenvalue weighted by atomic mass is 16.5. The van der Waals surface area contributed by atoms with Gasteiger partial charge in [0.25, 0.3) is 6.02 Å². The molecule has 1 unspecified atom stereocenters. The molecule has 0 bridgehead atoms. The molecule has 4 rings (SSSR count). The van der Waals surface area contributed by atoms with Gasteiger partial charge < -0.3 is 9.64 Å². The normalized spacial score (nSPS) is 26.1. The highest BCUT2D eigenvalue weighted by Crippen LogP contribution is 2.32. The van der Waals surface area contributed by atoms with Crippen LogP contribution in [0.15, 0.2) is 71.8 Å². The number of aliphatic imine (C=N–C) groups is 1. The molecular formula is C23H29N3O. The number of allylic oxidation sites excluding steroid dienone is 1. The van der Waals surface area contributed by atoms with Gasteiger partial charge in [0.2, 0.25) is 0 Å². The minimum Gasteiger partial charge on any atom is -0.455 e. The summed E-state index contributed by atoms with van der Waals surface area (Å²) < 4.78 is 6.51. The van der Waals surface area contributed by atoms with Gasteiger partial charge in [-0.25, -0.2) is 4.99 Å². The third kappa shape index (κ3) is 3.86. The summed E-state index contributed by atoms with van der Waals surface area (Å²) >= 11 is 0. The zero-order chi connectivity index (χ0) is 18.7. The van der Waals surface area contributed by atoms with Crippen molar-refractivity contribution in [2.24, 2.45) is 4.99 Å². The van der Waals surface area contributed by atoms with E-state index >= 15 is 0 Å². The molecule has 4 nitrogen and oxygen atoms in total. The Bertz CT molecular complexity index is 767. The third-order valence-electron chi connectivity index (χ3n) is 5.87.